The van der Waals surface area contributed by atoms with Crippen molar-refractivity contribution in [1.82, 2.24) is 9.55 Å². The van der Waals surface area contributed by atoms with Gasteiger partial charge in [-0.25, -0.2) is 0 Å². The van der Waals surface area contributed by atoms with E-state index in [9.17, 15) is 0 Å². The van der Waals surface area contributed by atoms with Gasteiger partial charge < -0.3 is 4.57 Å². The molecule has 2 aromatic carbocycles. The molecule has 2 aromatic heterocycles. The molecule has 0 fully saturated rings. The Morgan fingerprint density at radius 1 is 0.950 bits per heavy atom. The highest BCUT2D eigenvalue weighted by atomic mass is 14.9. The van der Waals surface area contributed by atoms with E-state index in [1.807, 2.05) is 12.4 Å². The van der Waals surface area contributed by atoms with Crippen molar-refractivity contribution in [2.45, 2.75) is 13.8 Å². The van der Waals surface area contributed by atoms with E-state index in [4.69, 9.17) is 0 Å². The maximum atomic E-state index is 4.26. The maximum Gasteiger partial charge on any atom is 0.0524 e. The zero-order chi connectivity index (χ0) is 13.9. The molecule has 2 nitrogen and oxygen atoms in total. The highest BCUT2D eigenvalue weighted by Gasteiger charge is 2.12. The molecule has 0 aliphatic heterocycles. The molecular formula is C18H16N2. The minimum absolute atomic E-state index is 1.21. The van der Waals surface area contributed by atoms with Crippen molar-refractivity contribution in [3.8, 4) is 0 Å². The van der Waals surface area contributed by atoms with Crippen LogP contribution in [0.15, 0.2) is 42.7 Å². The number of rotatable bonds is 0. The zero-order valence-corrected chi connectivity index (χ0v) is 11.9. The maximum absolute atomic E-state index is 4.26. The van der Waals surface area contributed by atoms with Gasteiger partial charge in [0.1, 0.15) is 0 Å². The van der Waals surface area contributed by atoms with Crippen molar-refractivity contribution < 1.29 is 0 Å². The van der Waals surface area contributed by atoms with Crippen LogP contribution in [-0.2, 0) is 7.05 Å². The molecule has 2 heteroatoms. The van der Waals surface area contributed by atoms with Gasteiger partial charge in [-0.15, -0.1) is 0 Å². The van der Waals surface area contributed by atoms with Crippen LogP contribution < -0.4 is 0 Å². The predicted molar refractivity (Wildman–Crippen MR) is 85.2 cm³/mol. The molecular weight excluding hydrogens is 244 g/mol. The molecule has 0 aliphatic rings. The third-order valence-electron chi connectivity index (χ3n) is 4.31. The molecule has 0 amide bonds. The summed E-state index contributed by atoms with van der Waals surface area (Å²) in [7, 11) is 2.15. The molecule has 4 rings (SSSR count). The van der Waals surface area contributed by atoms with Gasteiger partial charge in [0.05, 0.1) is 5.52 Å². The summed E-state index contributed by atoms with van der Waals surface area (Å²) in [6, 6.07) is 11.0. The van der Waals surface area contributed by atoms with Gasteiger partial charge in [-0.1, -0.05) is 11.6 Å². The molecule has 0 radical (unpaired) electrons. The summed E-state index contributed by atoms with van der Waals surface area (Å²) < 4.78 is 2.30. The molecule has 0 saturated heterocycles. The average Bonchev–Trinajstić information content (AvgIpc) is 2.72. The second kappa shape index (κ2) is 3.83. The molecule has 0 atom stereocenters. The molecule has 0 N–H and O–H groups in total. The fourth-order valence-electron chi connectivity index (χ4n) is 3.33. The highest BCUT2D eigenvalue weighted by molar-refractivity contribution is 6.14. The number of fused-ring (bicyclic) bond motifs is 4. The molecule has 0 spiro atoms. The largest absolute Gasteiger partial charge is 0.343 e. The van der Waals surface area contributed by atoms with E-state index in [0.717, 1.165) is 0 Å². The van der Waals surface area contributed by atoms with Crippen LogP contribution >= 0.6 is 0 Å². The van der Waals surface area contributed by atoms with Crippen LogP contribution in [-0.4, -0.2) is 9.55 Å². The molecule has 0 bridgehead atoms. The molecule has 0 aliphatic carbocycles. The quantitative estimate of drug-likeness (QED) is 0.455. The van der Waals surface area contributed by atoms with Crippen molar-refractivity contribution in [3.63, 3.8) is 0 Å². The van der Waals surface area contributed by atoms with Crippen LogP contribution in [0.25, 0.3) is 32.6 Å². The topological polar surface area (TPSA) is 17.8 Å². The monoisotopic (exact) mass is 260 g/mol. The first-order chi connectivity index (χ1) is 9.66. The van der Waals surface area contributed by atoms with Crippen LogP contribution in [0.4, 0.5) is 0 Å². The normalized spacial score (nSPS) is 11.8. The summed E-state index contributed by atoms with van der Waals surface area (Å²) in [6.07, 6.45) is 3.82. The van der Waals surface area contributed by atoms with E-state index in [1.54, 1.807) is 0 Å². The number of nitrogens with zero attached hydrogens (tertiary/aromatic N) is 2. The fraction of sp³-hybridized carbons (Fsp3) is 0.167. The second-order valence-corrected chi connectivity index (χ2v) is 5.57. The fourth-order valence-corrected chi connectivity index (χ4v) is 3.33. The van der Waals surface area contributed by atoms with E-state index < -0.39 is 0 Å². The molecule has 0 unspecified atom stereocenters. The third kappa shape index (κ3) is 1.36. The number of pyridine rings is 1. The van der Waals surface area contributed by atoms with Gasteiger partial charge in [0.2, 0.25) is 0 Å². The van der Waals surface area contributed by atoms with Crippen molar-refractivity contribution in [3.05, 3.63) is 53.9 Å². The van der Waals surface area contributed by atoms with E-state index in [-0.39, 0.29) is 0 Å². The second-order valence-electron chi connectivity index (χ2n) is 5.57. The molecule has 20 heavy (non-hydrogen) atoms. The summed E-state index contributed by atoms with van der Waals surface area (Å²) in [5.41, 5.74) is 5.24. The van der Waals surface area contributed by atoms with Gasteiger partial charge in [0.15, 0.2) is 0 Å². The summed E-state index contributed by atoms with van der Waals surface area (Å²) in [4.78, 5) is 4.26. The molecule has 2 heterocycles. The Hall–Kier alpha value is -2.35. The summed E-state index contributed by atoms with van der Waals surface area (Å²) in [5.74, 6) is 0. The van der Waals surface area contributed by atoms with E-state index in [0.29, 0.717) is 0 Å². The summed E-state index contributed by atoms with van der Waals surface area (Å²) in [6.45, 7) is 4.35. The first kappa shape index (κ1) is 11.5. The lowest BCUT2D eigenvalue weighted by Crippen LogP contribution is -1.90. The van der Waals surface area contributed by atoms with Gasteiger partial charge in [0.25, 0.3) is 0 Å². The number of aryl methyl sites for hydroxylation is 3. The zero-order valence-electron chi connectivity index (χ0n) is 11.9. The summed E-state index contributed by atoms with van der Waals surface area (Å²) >= 11 is 0. The Morgan fingerprint density at radius 2 is 1.80 bits per heavy atom. The lowest BCUT2D eigenvalue weighted by atomic mass is 10.0. The van der Waals surface area contributed by atoms with Crippen molar-refractivity contribution in [2.75, 3.05) is 0 Å². The van der Waals surface area contributed by atoms with E-state index in [2.05, 4.69) is 60.8 Å². The number of hydrogen-bond donors (Lipinski definition) is 0. The van der Waals surface area contributed by atoms with Crippen LogP contribution in [0, 0.1) is 13.8 Å². The van der Waals surface area contributed by atoms with E-state index >= 15 is 0 Å². The Balaban J connectivity index is 2.35. The van der Waals surface area contributed by atoms with Crippen molar-refractivity contribution in [2.24, 2.45) is 7.05 Å². The van der Waals surface area contributed by atoms with Gasteiger partial charge in [0, 0.05) is 41.1 Å². The number of hydrogen-bond acceptors (Lipinski definition) is 1. The van der Waals surface area contributed by atoms with Crippen LogP contribution in [0.2, 0.25) is 0 Å². The van der Waals surface area contributed by atoms with Gasteiger partial charge in [-0.3, -0.25) is 4.98 Å². The lowest BCUT2D eigenvalue weighted by Gasteiger charge is -2.06. The SMILES string of the molecule is Cc1ccc2c(c1)c1cc3cnccc3c(C)c1n2C. The first-order valence-corrected chi connectivity index (χ1v) is 6.89. The van der Waals surface area contributed by atoms with Gasteiger partial charge >= 0.3 is 0 Å². The van der Waals surface area contributed by atoms with Crippen LogP contribution in [0.5, 0.6) is 0 Å². The number of benzene rings is 2. The third-order valence-corrected chi connectivity index (χ3v) is 4.31. The Morgan fingerprint density at radius 3 is 2.65 bits per heavy atom. The Bertz CT molecular complexity index is 977. The molecule has 0 saturated carbocycles. The standard InChI is InChI=1S/C18H16N2/c1-11-4-5-17-15(8-11)16-9-13-10-19-7-6-14(13)12(2)18(16)20(17)3/h4-10H,1-3H3. The van der Waals surface area contributed by atoms with Crippen LogP contribution in [0.3, 0.4) is 0 Å². The minimum atomic E-state index is 1.21. The first-order valence-electron chi connectivity index (χ1n) is 6.89. The Kier molecular flexibility index (Phi) is 2.19. The van der Waals surface area contributed by atoms with Gasteiger partial charge in [-0.2, -0.15) is 0 Å². The summed E-state index contributed by atoms with van der Waals surface area (Å²) in [5, 5.41) is 5.15. The van der Waals surface area contributed by atoms with E-state index in [1.165, 1.54) is 43.7 Å². The predicted octanol–water partition coefficient (Wildman–Crippen LogP) is 4.50. The van der Waals surface area contributed by atoms with Gasteiger partial charge in [-0.05, 0) is 49.1 Å². The minimum Gasteiger partial charge on any atom is -0.343 e. The lowest BCUT2D eigenvalue weighted by molar-refractivity contribution is 1.01. The molecule has 98 valence electrons. The smallest absolute Gasteiger partial charge is 0.0524 e. The van der Waals surface area contributed by atoms with Crippen molar-refractivity contribution in [1.29, 1.82) is 0 Å². The van der Waals surface area contributed by atoms with Crippen LogP contribution in [0.1, 0.15) is 11.1 Å². The number of aromatic nitrogens is 2. The molecule has 4 aromatic rings. The van der Waals surface area contributed by atoms with Crippen molar-refractivity contribution >= 4 is 32.6 Å². The average molecular weight is 260 g/mol. The Labute approximate surface area is 117 Å². The highest BCUT2D eigenvalue weighted by Crippen LogP contribution is 2.34.